The molecule has 0 amide bonds. The monoisotopic (exact) mass is 336 g/mol. The molecule has 120 valence electrons. The van der Waals surface area contributed by atoms with Gasteiger partial charge in [0.15, 0.2) is 0 Å². The number of sulfonamides is 1. The highest BCUT2D eigenvalue weighted by atomic mass is 35.5. The minimum absolute atomic E-state index is 0.164. The van der Waals surface area contributed by atoms with Crippen LogP contribution in [0.25, 0.3) is 0 Å². The molecule has 0 aliphatic heterocycles. The second kappa shape index (κ2) is 7.11. The zero-order valence-electron chi connectivity index (χ0n) is 12.2. The Kier molecular flexibility index (Phi) is 5.67. The molecule has 1 unspecified atom stereocenters. The van der Waals surface area contributed by atoms with Gasteiger partial charge in [-0.1, -0.05) is 0 Å². The van der Waals surface area contributed by atoms with Crippen molar-refractivity contribution in [1.29, 1.82) is 0 Å². The third-order valence-electron chi connectivity index (χ3n) is 3.48. The van der Waals surface area contributed by atoms with Gasteiger partial charge >= 0.3 is 0 Å². The number of methoxy groups -OCH3 is 2. The molecule has 6 nitrogen and oxygen atoms in total. The van der Waals surface area contributed by atoms with Crippen molar-refractivity contribution in [3.63, 3.8) is 0 Å². The zero-order valence-corrected chi connectivity index (χ0v) is 13.8. The zero-order chi connectivity index (χ0) is 15.5. The molecule has 1 heterocycles. The molecule has 2 rings (SSSR count). The number of hydrogen-bond acceptors (Lipinski definition) is 4. The molecule has 0 aromatic carbocycles. The maximum absolute atomic E-state index is 12.3. The predicted octanol–water partition coefficient (Wildman–Crippen LogP) is 1.50. The molecular weight excluding hydrogens is 316 g/mol. The van der Waals surface area contributed by atoms with Crippen LogP contribution in [-0.2, 0) is 25.4 Å². The Morgan fingerprint density at radius 2 is 2.19 bits per heavy atom. The lowest BCUT2D eigenvalue weighted by Gasteiger charge is -2.14. The first kappa shape index (κ1) is 16.8. The lowest BCUT2D eigenvalue weighted by atomic mass is 10.4. The Bertz CT molecular complexity index is 569. The van der Waals surface area contributed by atoms with E-state index >= 15 is 0 Å². The van der Waals surface area contributed by atoms with Gasteiger partial charge in [-0.15, -0.1) is 11.6 Å². The van der Waals surface area contributed by atoms with Crippen LogP contribution in [0, 0.1) is 0 Å². The van der Waals surface area contributed by atoms with Crippen LogP contribution in [0.4, 0.5) is 0 Å². The van der Waals surface area contributed by atoms with Crippen LogP contribution in [0.2, 0.25) is 0 Å². The van der Waals surface area contributed by atoms with Gasteiger partial charge < -0.3 is 14.0 Å². The van der Waals surface area contributed by atoms with Crippen molar-refractivity contribution in [2.75, 3.05) is 27.4 Å². The number of halogens is 1. The van der Waals surface area contributed by atoms with Crippen molar-refractivity contribution in [3.8, 4) is 0 Å². The van der Waals surface area contributed by atoms with Crippen molar-refractivity contribution in [1.82, 2.24) is 9.29 Å². The molecule has 1 aliphatic rings. The van der Waals surface area contributed by atoms with Crippen molar-refractivity contribution < 1.29 is 17.9 Å². The number of aromatic nitrogens is 1. The van der Waals surface area contributed by atoms with Crippen molar-refractivity contribution >= 4 is 21.6 Å². The third-order valence-corrected chi connectivity index (χ3v) is 5.15. The molecule has 8 heteroatoms. The fraction of sp³-hybridized carbons (Fsp3) is 0.692. The second-order valence-electron chi connectivity index (χ2n) is 5.10. The molecule has 1 aromatic heterocycles. The van der Waals surface area contributed by atoms with E-state index in [0.29, 0.717) is 18.5 Å². The molecule has 0 spiro atoms. The molecule has 1 atom stereocenters. The lowest BCUT2D eigenvalue weighted by Crippen LogP contribution is -2.35. The summed E-state index contributed by atoms with van der Waals surface area (Å²) in [7, 11) is -0.501. The van der Waals surface area contributed by atoms with Crippen molar-refractivity contribution in [2.45, 2.75) is 35.8 Å². The Morgan fingerprint density at radius 1 is 1.48 bits per heavy atom. The summed E-state index contributed by atoms with van der Waals surface area (Å²) in [4.78, 5) is 0.248. The van der Waals surface area contributed by atoms with E-state index in [9.17, 15) is 8.42 Å². The minimum atomic E-state index is -3.57. The van der Waals surface area contributed by atoms with E-state index in [0.717, 1.165) is 18.5 Å². The first-order valence-corrected chi connectivity index (χ1v) is 8.81. The van der Waals surface area contributed by atoms with Crippen LogP contribution in [0.3, 0.4) is 0 Å². The van der Waals surface area contributed by atoms with Crippen LogP contribution >= 0.6 is 11.6 Å². The van der Waals surface area contributed by atoms with E-state index in [2.05, 4.69) is 4.72 Å². The summed E-state index contributed by atoms with van der Waals surface area (Å²) in [5, 5.41) is 0. The van der Waals surface area contributed by atoms with Gasteiger partial charge in [0.1, 0.15) is 0 Å². The number of nitrogens with one attached hydrogen (secondary N) is 1. The molecule has 1 aliphatic carbocycles. The minimum Gasteiger partial charge on any atom is -0.382 e. The number of nitrogens with zero attached hydrogens (tertiary/aromatic N) is 1. The van der Waals surface area contributed by atoms with Crippen LogP contribution < -0.4 is 4.72 Å². The third kappa shape index (κ3) is 4.20. The quantitative estimate of drug-likeness (QED) is 0.694. The molecule has 0 radical (unpaired) electrons. The standard InChI is InChI=1S/C13H21ClN2O4S/c1-19-9-12(20-2)7-15-21(17,18)13-5-11(6-14)16(8-13)10-3-4-10/h5,8,10,12,15H,3-4,6-7,9H2,1-2H3. The van der Waals surface area contributed by atoms with Crippen molar-refractivity contribution in [2.24, 2.45) is 0 Å². The Hall–Kier alpha value is -0.600. The molecule has 1 N–H and O–H groups in total. The normalized spacial score (nSPS) is 17.1. The first-order valence-electron chi connectivity index (χ1n) is 6.80. The van der Waals surface area contributed by atoms with Gasteiger partial charge in [0.05, 0.1) is 23.5 Å². The van der Waals surface area contributed by atoms with Gasteiger partial charge in [0, 0.05) is 38.7 Å². The van der Waals surface area contributed by atoms with E-state index in [-0.39, 0.29) is 17.5 Å². The van der Waals surface area contributed by atoms with E-state index in [1.54, 1.807) is 19.4 Å². The average molecular weight is 337 g/mol. The van der Waals surface area contributed by atoms with Gasteiger partial charge in [-0.3, -0.25) is 0 Å². The van der Waals surface area contributed by atoms with Gasteiger partial charge in [-0.25, -0.2) is 13.1 Å². The smallest absolute Gasteiger partial charge is 0.242 e. The van der Waals surface area contributed by atoms with Gasteiger partial charge in [-0.2, -0.15) is 0 Å². The molecule has 0 bridgehead atoms. The highest BCUT2D eigenvalue weighted by Crippen LogP contribution is 2.37. The molecule has 0 saturated heterocycles. The van der Waals surface area contributed by atoms with Crippen LogP contribution in [0.1, 0.15) is 24.6 Å². The maximum Gasteiger partial charge on any atom is 0.242 e. The number of ether oxygens (including phenoxy) is 2. The van der Waals surface area contributed by atoms with Crippen LogP contribution in [0.5, 0.6) is 0 Å². The summed E-state index contributed by atoms with van der Waals surface area (Å²) < 4.78 is 39.3. The van der Waals surface area contributed by atoms with Crippen molar-refractivity contribution in [3.05, 3.63) is 18.0 Å². The van der Waals surface area contributed by atoms with E-state index in [1.165, 1.54) is 7.11 Å². The van der Waals surface area contributed by atoms with Crippen LogP contribution in [-0.4, -0.2) is 46.5 Å². The fourth-order valence-corrected chi connectivity index (χ4v) is 3.46. The number of rotatable bonds is 9. The molecule has 1 aromatic rings. The maximum atomic E-state index is 12.3. The van der Waals surface area contributed by atoms with Gasteiger partial charge in [-0.05, 0) is 18.9 Å². The molecule has 1 saturated carbocycles. The predicted molar refractivity (Wildman–Crippen MR) is 80.1 cm³/mol. The van der Waals surface area contributed by atoms with E-state index < -0.39 is 10.0 Å². The summed E-state index contributed by atoms with van der Waals surface area (Å²) in [6, 6.07) is 2.02. The molecule has 21 heavy (non-hydrogen) atoms. The summed E-state index contributed by atoms with van der Waals surface area (Å²) in [5.41, 5.74) is 0.833. The SMILES string of the molecule is COCC(CNS(=O)(=O)c1cc(CCl)n(C2CC2)c1)OC. The summed E-state index contributed by atoms with van der Waals surface area (Å²) in [6.07, 6.45) is 3.49. The van der Waals surface area contributed by atoms with Crippen LogP contribution in [0.15, 0.2) is 17.2 Å². The Balaban J connectivity index is 2.08. The summed E-state index contributed by atoms with van der Waals surface area (Å²) >= 11 is 5.89. The molecular formula is C13H21ClN2O4S. The lowest BCUT2D eigenvalue weighted by molar-refractivity contribution is 0.0320. The fourth-order valence-electron chi connectivity index (χ4n) is 2.13. The average Bonchev–Trinajstić information content (AvgIpc) is 3.21. The highest BCUT2D eigenvalue weighted by Gasteiger charge is 2.28. The molecule has 1 fully saturated rings. The van der Waals surface area contributed by atoms with Gasteiger partial charge in [0.2, 0.25) is 10.0 Å². The first-order chi connectivity index (χ1) is 10.0. The number of hydrogen-bond donors (Lipinski definition) is 1. The van der Waals surface area contributed by atoms with E-state index in [4.69, 9.17) is 21.1 Å². The van der Waals surface area contributed by atoms with E-state index in [1.807, 2.05) is 4.57 Å². The van der Waals surface area contributed by atoms with Gasteiger partial charge in [0.25, 0.3) is 0 Å². The topological polar surface area (TPSA) is 69.6 Å². The second-order valence-corrected chi connectivity index (χ2v) is 7.14. The largest absolute Gasteiger partial charge is 0.382 e. The summed E-state index contributed by atoms with van der Waals surface area (Å²) in [5.74, 6) is 0.302. The number of alkyl halides is 1. The summed E-state index contributed by atoms with van der Waals surface area (Å²) in [6.45, 7) is 0.493. The highest BCUT2D eigenvalue weighted by molar-refractivity contribution is 7.89. The Morgan fingerprint density at radius 3 is 2.71 bits per heavy atom. The Labute approximate surface area is 130 Å².